The molecule has 0 saturated carbocycles. The number of hydrogen-bond donors (Lipinski definition) is 0. The third kappa shape index (κ3) is 9.77. The van der Waals surface area contributed by atoms with E-state index in [0.29, 0.717) is 11.1 Å². The molecule has 0 radical (unpaired) electrons. The predicted molar refractivity (Wildman–Crippen MR) is 163 cm³/mol. The van der Waals surface area contributed by atoms with Gasteiger partial charge in [-0.2, -0.15) is 0 Å². The van der Waals surface area contributed by atoms with Crippen molar-refractivity contribution in [2.75, 3.05) is 0 Å². The van der Waals surface area contributed by atoms with Gasteiger partial charge in [0.1, 0.15) is 0 Å². The molecule has 0 fully saturated rings. The fourth-order valence-electron chi connectivity index (χ4n) is 4.24. The van der Waals surface area contributed by atoms with Gasteiger partial charge in [0.15, 0.2) is 0 Å². The third-order valence-electron chi connectivity index (χ3n) is 6.66. The molecule has 0 bridgehead atoms. The first-order valence-corrected chi connectivity index (χ1v) is 13.8. The molecule has 0 aliphatic rings. The Hall–Kier alpha value is -2.65. The molecule has 0 aliphatic heterocycles. The molecule has 2 aromatic carbocycles. The largest absolute Gasteiger partial charge is 2.00 e. The Bertz CT molecular complexity index is 1230. The van der Waals surface area contributed by atoms with Gasteiger partial charge in [-0.1, -0.05) is 125 Å². The van der Waals surface area contributed by atoms with Crippen LogP contribution in [0.3, 0.4) is 0 Å². The van der Waals surface area contributed by atoms with Crippen LogP contribution in [0, 0.1) is 0 Å². The summed E-state index contributed by atoms with van der Waals surface area (Å²) in [5.41, 5.74) is 5.57. The molecule has 5 heteroatoms. The van der Waals surface area contributed by atoms with E-state index in [-0.39, 0.29) is 49.7 Å². The van der Waals surface area contributed by atoms with Crippen molar-refractivity contribution in [3.63, 3.8) is 0 Å². The molecule has 220 valence electrons. The minimum atomic E-state index is -0.347. The molecular formula is C35H48N2NiO2. The second-order valence-electron chi connectivity index (χ2n) is 14.4. The van der Waals surface area contributed by atoms with Crippen molar-refractivity contribution in [2.24, 2.45) is 4.99 Å². The van der Waals surface area contributed by atoms with Crippen LogP contribution in [-0.2, 0) is 44.6 Å². The first kappa shape index (κ1) is 35.4. The number of aromatic nitrogens is 1. The zero-order chi connectivity index (χ0) is 29.8. The summed E-state index contributed by atoms with van der Waals surface area (Å²) in [6.07, 6.45) is 4.55. The fourth-order valence-corrected chi connectivity index (χ4v) is 4.24. The Morgan fingerprint density at radius 1 is 0.650 bits per heavy atom. The average Bonchev–Trinajstić information content (AvgIpc) is 2.79. The number of benzene rings is 2. The van der Waals surface area contributed by atoms with Crippen molar-refractivity contribution in [1.29, 1.82) is 0 Å². The first-order valence-electron chi connectivity index (χ1n) is 13.8. The first-order chi connectivity index (χ1) is 17.7. The minimum absolute atomic E-state index is 0. The third-order valence-corrected chi connectivity index (χ3v) is 6.66. The van der Waals surface area contributed by atoms with Gasteiger partial charge < -0.3 is 10.2 Å². The van der Waals surface area contributed by atoms with E-state index in [2.05, 4.69) is 64.7 Å². The maximum atomic E-state index is 12.0. The predicted octanol–water partition coefficient (Wildman–Crippen LogP) is 8.05. The van der Waals surface area contributed by atoms with Crippen LogP contribution in [0.2, 0.25) is 0 Å². The van der Waals surface area contributed by atoms with Crippen molar-refractivity contribution in [1.82, 2.24) is 4.98 Å². The summed E-state index contributed by atoms with van der Waals surface area (Å²) in [6.45, 7) is 25.1. The molecule has 0 spiro atoms. The van der Waals surface area contributed by atoms with Gasteiger partial charge in [0.2, 0.25) is 0 Å². The number of pyridine rings is 1. The van der Waals surface area contributed by atoms with Gasteiger partial charge >= 0.3 is 16.5 Å². The van der Waals surface area contributed by atoms with Crippen molar-refractivity contribution >= 4 is 11.9 Å². The molecular weight excluding hydrogens is 539 g/mol. The monoisotopic (exact) mass is 586 g/mol. The van der Waals surface area contributed by atoms with Crippen molar-refractivity contribution in [2.45, 2.75) is 111 Å². The molecule has 3 rings (SSSR count). The smallest absolute Gasteiger partial charge is 0.873 e. The van der Waals surface area contributed by atoms with E-state index in [1.807, 2.05) is 72.2 Å². The van der Waals surface area contributed by atoms with Crippen LogP contribution >= 0.6 is 0 Å². The number of hydrogen-bond acceptors (Lipinski definition) is 4. The van der Waals surface area contributed by atoms with E-state index in [9.17, 15) is 10.2 Å². The topological polar surface area (TPSA) is 71.4 Å². The molecule has 3 aromatic rings. The van der Waals surface area contributed by atoms with Gasteiger partial charge in [-0.05, 0) is 51.0 Å². The molecule has 40 heavy (non-hydrogen) atoms. The van der Waals surface area contributed by atoms with Crippen LogP contribution in [0.15, 0.2) is 59.7 Å². The van der Waals surface area contributed by atoms with Crippen LogP contribution in [0.25, 0.3) is 0 Å². The zero-order valence-electron chi connectivity index (χ0n) is 26.5. The van der Waals surface area contributed by atoms with E-state index >= 15 is 0 Å². The van der Waals surface area contributed by atoms with Crippen LogP contribution in [0.4, 0.5) is 5.69 Å². The number of rotatable bonds is 3. The van der Waals surface area contributed by atoms with Crippen molar-refractivity contribution in [3.8, 4) is 11.5 Å². The van der Waals surface area contributed by atoms with Crippen LogP contribution in [0.1, 0.15) is 111 Å². The minimum Gasteiger partial charge on any atom is -0.873 e. The van der Waals surface area contributed by atoms with Gasteiger partial charge in [-0.15, -0.1) is 11.5 Å². The molecule has 0 unspecified atom stereocenters. The second-order valence-corrected chi connectivity index (χ2v) is 14.4. The Morgan fingerprint density at radius 3 is 1.52 bits per heavy atom. The van der Waals surface area contributed by atoms with E-state index in [1.54, 1.807) is 12.1 Å². The Balaban J connectivity index is 0.000000416. The summed E-state index contributed by atoms with van der Waals surface area (Å²) >= 11 is 0. The van der Waals surface area contributed by atoms with Crippen LogP contribution < -0.4 is 10.2 Å². The SMILES string of the molecule is CC(C)(C)c1ccc(C(C)(C)C)c(N=CCc2ccccn2)c1.CC(C)(C)c1ccc(C(C)(C)C)c([O-])c1[O-].[Ni+2]. The van der Waals surface area contributed by atoms with Gasteiger partial charge in [-0.25, -0.2) is 0 Å². The summed E-state index contributed by atoms with van der Waals surface area (Å²) in [5, 5.41) is 23.9. The van der Waals surface area contributed by atoms with Gasteiger partial charge in [0.25, 0.3) is 0 Å². The maximum absolute atomic E-state index is 12.0. The number of nitrogens with zero attached hydrogens (tertiary/aromatic N) is 2. The maximum Gasteiger partial charge on any atom is 2.00 e. The van der Waals surface area contributed by atoms with Gasteiger partial charge in [0.05, 0.1) is 5.69 Å². The summed E-state index contributed by atoms with van der Waals surface area (Å²) < 4.78 is 0. The Morgan fingerprint density at radius 2 is 1.12 bits per heavy atom. The average molecular weight is 587 g/mol. The normalized spacial score (nSPS) is 12.5. The second kappa shape index (κ2) is 13.3. The molecule has 0 atom stereocenters. The molecule has 0 saturated heterocycles. The Labute approximate surface area is 253 Å². The molecule has 0 N–H and O–H groups in total. The summed E-state index contributed by atoms with van der Waals surface area (Å²) in [7, 11) is 0. The summed E-state index contributed by atoms with van der Waals surface area (Å²) in [6, 6.07) is 16.3. The standard InChI is InChI=1S/C21H28N2.C14H22O2.Ni/c1-20(2,3)16-10-11-18(21(4,5)6)19(15-16)23-14-12-17-9-7-8-13-22-17;1-13(2,3)9-7-8-10(14(4,5)6)12(16)11(9)15;/h7-11,13-15H,12H2,1-6H3;7-8,15-16H,1-6H3;/q;;+2/p-2. The quantitative estimate of drug-likeness (QED) is 0.230. The molecule has 0 amide bonds. The van der Waals surface area contributed by atoms with Crippen molar-refractivity contribution < 1.29 is 26.7 Å². The molecule has 4 nitrogen and oxygen atoms in total. The fraction of sp³-hybridized carbons (Fsp3) is 0.486. The summed E-state index contributed by atoms with van der Waals surface area (Å²) in [5.74, 6) is -0.695. The molecule has 1 heterocycles. The Kier molecular flexibility index (Phi) is 11.8. The van der Waals surface area contributed by atoms with E-state index in [4.69, 9.17) is 4.99 Å². The van der Waals surface area contributed by atoms with Crippen LogP contribution in [-0.4, -0.2) is 11.2 Å². The molecule has 1 aromatic heterocycles. The molecule has 0 aliphatic carbocycles. The van der Waals surface area contributed by atoms with Crippen LogP contribution in [0.5, 0.6) is 11.5 Å². The van der Waals surface area contributed by atoms with Gasteiger partial charge in [0, 0.05) is 24.5 Å². The number of aliphatic imine (C=N–C) groups is 1. The van der Waals surface area contributed by atoms with E-state index in [1.165, 1.54) is 11.1 Å². The van der Waals surface area contributed by atoms with Crippen molar-refractivity contribution in [3.05, 3.63) is 82.7 Å². The zero-order valence-corrected chi connectivity index (χ0v) is 27.5. The summed E-state index contributed by atoms with van der Waals surface area (Å²) in [4.78, 5) is 9.12. The van der Waals surface area contributed by atoms with E-state index < -0.39 is 0 Å². The van der Waals surface area contributed by atoms with Gasteiger partial charge in [-0.3, -0.25) is 9.98 Å². The van der Waals surface area contributed by atoms with E-state index in [0.717, 1.165) is 17.8 Å².